The molecule has 7 heteroatoms. The van der Waals surface area contributed by atoms with Crippen molar-refractivity contribution < 1.29 is 9.59 Å². The molecule has 0 atom stereocenters. The minimum atomic E-state index is -0.601. The summed E-state index contributed by atoms with van der Waals surface area (Å²) in [4.78, 5) is 28.2. The van der Waals surface area contributed by atoms with Crippen molar-refractivity contribution >= 4 is 52.2 Å². The van der Waals surface area contributed by atoms with E-state index in [2.05, 4.69) is 10.3 Å². The van der Waals surface area contributed by atoms with Crippen LogP contribution in [0.4, 0.5) is 5.69 Å². The normalized spacial score (nSPS) is 17.9. The molecule has 1 amide bonds. The van der Waals surface area contributed by atoms with Crippen LogP contribution in [-0.2, 0) is 9.59 Å². The van der Waals surface area contributed by atoms with Gasteiger partial charge < -0.3 is 5.32 Å². The van der Waals surface area contributed by atoms with Gasteiger partial charge in [0.25, 0.3) is 5.91 Å². The van der Waals surface area contributed by atoms with E-state index in [4.69, 9.17) is 34.8 Å². The molecule has 1 aliphatic rings. The van der Waals surface area contributed by atoms with Gasteiger partial charge in [0.1, 0.15) is 0 Å². The molecule has 1 N–H and O–H groups in total. The number of hydrogen-bond donors (Lipinski definition) is 1. The van der Waals surface area contributed by atoms with Gasteiger partial charge in [-0.15, -0.1) is 0 Å². The molecule has 1 heterocycles. The molecule has 1 aromatic rings. The number of rotatable bonds is 2. The van der Waals surface area contributed by atoms with Crippen LogP contribution in [0.2, 0.25) is 10.0 Å². The number of amides is 1. The number of carbonyl (C=O) groups excluding carboxylic acids is 2. The van der Waals surface area contributed by atoms with Crippen molar-refractivity contribution in [3.05, 3.63) is 33.0 Å². The van der Waals surface area contributed by atoms with Crippen molar-refractivity contribution in [1.82, 2.24) is 4.98 Å². The van der Waals surface area contributed by atoms with Crippen LogP contribution in [0, 0.1) is 5.41 Å². The smallest absolute Gasteiger partial charge is 0.260 e. The molecule has 0 aliphatic heterocycles. The maximum Gasteiger partial charge on any atom is 0.260 e. The quantitative estimate of drug-likeness (QED) is 0.815. The molecule has 21 heavy (non-hydrogen) atoms. The second-order valence-electron chi connectivity index (χ2n) is 5.65. The van der Waals surface area contributed by atoms with Gasteiger partial charge in [-0.1, -0.05) is 48.7 Å². The highest BCUT2D eigenvalue weighted by Crippen LogP contribution is 2.39. The zero-order valence-corrected chi connectivity index (χ0v) is 13.7. The summed E-state index contributed by atoms with van der Waals surface area (Å²) in [5, 5.41) is 3.17. The van der Waals surface area contributed by atoms with E-state index >= 15 is 0 Å². The second-order valence-corrected chi connectivity index (χ2v) is 6.92. The average Bonchev–Trinajstić information content (AvgIpc) is 2.31. The van der Waals surface area contributed by atoms with E-state index in [1.54, 1.807) is 0 Å². The highest BCUT2D eigenvalue weighted by Gasteiger charge is 2.35. The summed E-state index contributed by atoms with van der Waals surface area (Å²) in [6, 6.07) is 0. The molecule has 0 aromatic carbocycles. The van der Waals surface area contributed by atoms with Gasteiger partial charge in [0, 0.05) is 23.8 Å². The Kier molecular flexibility index (Phi) is 4.61. The molecule has 0 unspecified atom stereocenters. The van der Waals surface area contributed by atoms with Crippen LogP contribution < -0.4 is 5.32 Å². The standard InChI is InChI=1S/C14H13Cl3N2O2/c1-14(2)3-7(15)11(10(20)4-14)13(21)19-12-8(16)5-18-6-9(12)17/h5-6H,3-4H2,1-2H3,(H,18,19,21). The Labute approximate surface area is 137 Å². The molecule has 0 radical (unpaired) electrons. The third kappa shape index (κ3) is 3.57. The number of ketones is 1. The third-order valence-electron chi connectivity index (χ3n) is 3.14. The zero-order valence-electron chi connectivity index (χ0n) is 11.5. The summed E-state index contributed by atoms with van der Waals surface area (Å²) in [6.07, 6.45) is 3.44. The van der Waals surface area contributed by atoms with Crippen LogP contribution in [0.25, 0.3) is 0 Å². The Morgan fingerprint density at radius 2 is 1.76 bits per heavy atom. The first-order valence-corrected chi connectivity index (χ1v) is 7.37. The Balaban J connectivity index is 2.31. The molecule has 0 spiro atoms. The molecular weight excluding hydrogens is 335 g/mol. The van der Waals surface area contributed by atoms with E-state index in [9.17, 15) is 9.59 Å². The van der Waals surface area contributed by atoms with E-state index < -0.39 is 5.91 Å². The van der Waals surface area contributed by atoms with Gasteiger partial charge >= 0.3 is 0 Å². The van der Waals surface area contributed by atoms with E-state index in [1.165, 1.54) is 12.4 Å². The van der Waals surface area contributed by atoms with Crippen molar-refractivity contribution in [2.45, 2.75) is 26.7 Å². The number of hydrogen-bond acceptors (Lipinski definition) is 3. The number of nitrogens with zero attached hydrogens (tertiary/aromatic N) is 1. The Bertz CT molecular complexity index is 633. The number of anilines is 1. The molecule has 2 rings (SSSR count). The molecular formula is C14H13Cl3N2O2. The molecule has 1 aliphatic carbocycles. The van der Waals surface area contributed by atoms with Gasteiger partial charge in [-0.2, -0.15) is 0 Å². The van der Waals surface area contributed by atoms with Gasteiger partial charge in [-0.05, 0) is 11.8 Å². The van der Waals surface area contributed by atoms with Gasteiger partial charge in [0.05, 0.1) is 21.3 Å². The third-order valence-corrected chi connectivity index (χ3v) is 4.04. The highest BCUT2D eigenvalue weighted by atomic mass is 35.5. The van der Waals surface area contributed by atoms with Crippen LogP contribution in [0.15, 0.2) is 23.0 Å². The lowest BCUT2D eigenvalue weighted by Gasteiger charge is -2.29. The molecule has 112 valence electrons. The first-order valence-electron chi connectivity index (χ1n) is 6.23. The number of halogens is 3. The van der Waals surface area contributed by atoms with Crippen molar-refractivity contribution in [3.8, 4) is 0 Å². The maximum absolute atomic E-state index is 12.3. The summed E-state index contributed by atoms with van der Waals surface area (Å²) in [5.41, 5.74) is -0.0583. The maximum atomic E-state index is 12.3. The topological polar surface area (TPSA) is 59.1 Å². The SMILES string of the molecule is CC1(C)CC(=O)C(C(=O)Nc2c(Cl)cncc2Cl)=C(Cl)C1. The summed E-state index contributed by atoms with van der Waals surface area (Å²) < 4.78 is 0. The van der Waals surface area contributed by atoms with E-state index in [0.717, 1.165) is 0 Å². The Hall–Kier alpha value is -1.10. The van der Waals surface area contributed by atoms with Crippen LogP contribution >= 0.6 is 34.8 Å². The first kappa shape index (κ1) is 16.3. The summed E-state index contributed by atoms with van der Waals surface area (Å²) in [6.45, 7) is 3.86. The Morgan fingerprint density at radius 3 is 2.29 bits per heavy atom. The first-order chi connectivity index (χ1) is 9.71. The fraction of sp³-hybridized carbons (Fsp3) is 0.357. The number of carbonyl (C=O) groups is 2. The van der Waals surface area contributed by atoms with Crippen molar-refractivity contribution in [2.75, 3.05) is 5.32 Å². The van der Waals surface area contributed by atoms with E-state index in [-0.39, 0.29) is 44.0 Å². The monoisotopic (exact) mass is 346 g/mol. The fourth-order valence-electron chi connectivity index (χ4n) is 2.20. The van der Waals surface area contributed by atoms with E-state index in [0.29, 0.717) is 6.42 Å². The van der Waals surface area contributed by atoms with Crippen LogP contribution in [0.3, 0.4) is 0 Å². The highest BCUT2D eigenvalue weighted by molar-refractivity contribution is 6.42. The molecule has 0 saturated carbocycles. The van der Waals surface area contributed by atoms with Crippen molar-refractivity contribution in [2.24, 2.45) is 5.41 Å². The van der Waals surface area contributed by atoms with Gasteiger partial charge in [-0.3, -0.25) is 14.6 Å². The van der Waals surface area contributed by atoms with Crippen molar-refractivity contribution in [1.29, 1.82) is 0 Å². The number of aromatic nitrogens is 1. The second kappa shape index (κ2) is 5.95. The molecule has 4 nitrogen and oxygen atoms in total. The lowest BCUT2D eigenvalue weighted by molar-refractivity contribution is -0.122. The number of Topliss-reactive ketones (excluding diaryl/α,β-unsaturated/α-hetero) is 1. The minimum Gasteiger partial charge on any atom is -0.319 e. The van der Waals surface area contributed by atoms with Crippen LogP contribution in [0.5, 0.6) is 0 Å². The predicted octanol–water partition coefficient (Wildman–Crippen LogP) is 4.21. The summed E-state index contributed by atoms with van der Waals surface area (Å²) in [7, 11) is 0. The number of allylic oxidation sites excluding steroid dienone is 1. The fourth-order valence-corrected chi connectivity index (χ4v) is 3.21. The van der Waals surface area contributed by atoms with E-state index in [1.807, 2.05) is 13.8 Å². The molecule has 0 saturated heterocycles. The zero-order chi connectivity index (χ0) is 15.8. The number of pyridine rings is 1. The predicted molar refractivity (Wildman–Crippen MR) is 83.8 cm³/mol. The average molecular weight is 348 g/mol. The van der Waals surface area contributed by atoms with Gasteiger partial charge in [0.2, 0.25) is 0 Å². The lowest BCUT2D eigenvalue weighted by Crippen LogP contribution is -2.30. The van der Waals surface area contributed by atoms with Crippen molar-refractivity contribution in [3.63, 3.8) is 0 Å². The van der Waals surface area contributed by atoms with Crippen LogP contribution in [-0.4, -0.2) is 16.7 Å². The minimum absolute atomic E-state index is 0.0278. The molecule has 1 aromatic heterocycles. The summed E-state index contributed by atoms with van der Waals surface area (Å²) >= 11 is 18.0. The Morgan fingerprint density at radius 1 is 1.19 bits per heavy atom. The lowest BCUT2D eigenvalue weighted by atomic mass is 9.77. The summed E-state index contributed by atoms with van der Waals surface area (Å²) in [5.74, 6) is -0.884. The largest absolute Gasteiger partial charge is 0.319 e. The molecule has 0 fully saturated rings. The van der Waals surface area contributed by atoms with Crippen LogP contribution in [0.1, 0.15) is 26.7 Å². The van der Waals surface area contributed by atoms with Gasteiger partial charge in [0.15, 0.2) is 5.78 Å². The number of nitrogens with one attached hydrogen (secondary N) is 1. The molecule has 0 bridgehead atoms. The van der Waals surface area contributed by atoms with Gasteiger partial charge in [-0.25, -0.2) is 0 Å².